The van der Waals surface area contributed by atoms with Gasteiger partial charge in [-0.1, -0.05) is 13.8 Å². The van der Waals surface area contributed by atoms with Gasteiger partial charge in [-0.25, -0.2) is 14.8 Å². The molecule has 0 spiro atoms. The fourth-order valence-corrected chi connectivity index (χ4v) is 3.46. The van der Waals surface area contributed by atoms with Crippen molar-refractivity contribution in [3.05, 3.63) is 17.7 Å². The second-order valence-corrected chi connectivity index (χ2v) is 6.57. The fraction of sp³-hybridized carbons (Fsp3) is 0.556. The number of hydrogen-bond donors (Lipinski definition) is 3. The molecule has 1 saturated heterocycles. The summed E-state index contributed by atoms with van der Waals surface area (Å²) in [6.07, 6.45) is 0.998. The highest BCUT2D eigenvalue weighted by Crippen LogP contribution is 2.27. The van der Waals surface area contributed by atoms with Crippen molar-refractivity contribution in [3.63, 3.8) is 0 Å². The minimum absolute atomic E-state index is 0.219. The van der Waals surface area contributed by atoms with Crippen LogP contribution in [-0.4, -0.2) is 72.0 Å². The highest BCUT2D eigenvalue weighted by molar-refractivity contribution is 6.10. The third kappa shape index (κ3) is 3.29. The Hall–Kier alpha value is -2.84. The first-order chi connectivity index (χ1) is 13.0. The Morgan fingerprint density at radius 1 is 1.11 bits per heavy atom. The van der Waals surface area contributed by atoms with E-state index < -0.39 is 12.2 Å². The molecule has 0 bridgehead atoms. The number of hydrogen-bond acceptors (Lipinski definition) is 7. The van der Waals surface area contributed by atoms with Gasteiger partial charge in [0.2, 0.25) is 0 Å². The van der Waals surface area contributed by atoms with Crippen LogP contribution >= 0.6 is 0 Å². The van der Waals surface area contributed by atoms with Crippen molar-refractivity contribution in [3.8, 4) is 0 Å². The summed E-state index contributed by atoms with van der Waals surface area (Å²) >= 11 is 0. The first-order valence-electron chi connectivity index (χ1n) is 9.38. The van der Waals surface area contributed by atoms with E-state index in [1.807, 2.05) is 26.0 Å². The molecule has 1 fully saturated rings. The van der Waals surface area contributed by atoms with Gasteiger partial charge in [-0.15, -0.1) is 0 Å². The van der Waals surface area contributed by atoms with Crippen molar-refractivity contribution < 1.29 is 9.59 Å². The molecule has 0 saturated carbocycles. The van der Waals surface area contributed by atoms with Gasteiger partial charge in [0, 0.05) is 27.2 Å². The normalized spacial score (nSPS) is 21.7. The number of carbonyl (C=O) groups excluding carboxylic acids is 2. The van der Waals surface area contributed by atoms with E-state index in [2.05, 4.69) is 20.9 Å². The number of imide groups is 1. The number of rotatable bonds is 7. The zero-order chi connectivity index (χ0) is 19.6. The Morgan fingerprint density at radius 3 is 2.48 bits per heavy atom. The molecule has 3 amide bonds. The van der Waals surface area contributed by atoms with Crippen LogP contribution in [-0.2, 0) is 4.79 Å². The van der Waals surface area contributed by atoms with Crippen molar-refractivity contribution in [2.45, 2.75) is 38.9 Å². The Balaban J connectivity index is 1.97. The third-order valence-corrected chi connectivity index (χ3v) is 4.73. The molecule has 0 aliphatic carbocycles. The second-order valence-electron chi connectivity index (χ2n) is 6.57. The number of anilines is 2. The van der Waals surface area contributed by atoms with Gasteiger partial charge in [-0.05, 0) is 25.0 Å². The van der Waals surface area contributed by atoms with Crippen LogP contribution in [0.2, 0.25) is 0 Å². The SMILES string of the molecule is CCCN1C(=O)C2NC(c3ccc(NC)nc3NC)=NC2N(CCC)C1=O. The first-order valence-corrected chi connectivity index (χ1v) is 9.38. The summed E-state index contributed by atoms with van der Waals surface area (Å²) in [7, 11) is 3.59. The Kier molecular flexibility index (Phi) is 5.48. The summed E-state index contributed by atoms with van der Waals surface area (Å²) in [6, 6.07) is 2.93. The summed E-state index contributed by atoms with van der Waals surface area (Å²) in [6.45, 7) is 4.93. The van der Waals surface area contributed by atoms with Crippen molar-refractivity contribution in [2.24, 2.45) is 4.99 Å². The number of pyridine rings is 1. The van der Waals surface area contributed by atoms with E-state index in [1.165, 1.54) is 4.90 Å². The maximum Gasteiger partial charge on any atom is 0.328 e. The van der Waals surface area contributed by atoms with Gasteiger partial charge in [-0.2, -0.15) is 0 Å². The van der Waals surface area contributed by atoms with Crippen molar-refractivity contribution >= 4 is 29.4 Å². The molecule has 2 unspecified atom stereocenters. The van der Waals surface area contributed by atoms with Gasteiger partial charge in [0.15, 0.2) is 6.17 Å². The summed E-state index contributed by atoms with van der Waals surface area (Å²) in [5.41, 5.74) is 0.768. The monoisotopic (exact) mass is 373 g/mol. The van der Waals surface area contributed by atoms with Gasteiger partial charge in [0.25, 0.3) is 5.91 Å². The highest BCUT2D eigenvalue weighted by Gasteiger charge is 2.49. The maximum atomic E-state index is 12.9. The van der Waals surface area contributed by atoms with Gasteiger partial charge in [0.1, 0.15) is 23.5 Å². The van der Waals surface area contributed by atoms with Gasteiger partial charge in [-0.3, -0.25) is 14.6 Å². The lowest BCUT2D eigenvalue weighted by Crippen LogP contribution is -2.65. The number of fused-ring (bicyclic) bond motifs is 1. The largest absolute Gasteiger partial charge is 0.373 e. The van der Waals surface area contributed by atoms with Crippen LogP contribution in [0, 0.1) is 0 Å². The van der Waals surface area contributed by atoms with E-state index in [1.54, 1.807) is 19.0 Å². The van der Waals surface area contributed by atoms with Crippen LogP contribution in [0.25, 0.3) is 0 Å². The maximum absolute atomic E-state index is 12.9. The molecule has 3 rings (SSSR count). The third-order valence-electron chi connectivity index (χ3n) is 4.73. The molecule has 3 heterocycles. The van der Waals surface area contributed by atoms with Crippen LogP contribution in [0.15, 0.2) is 17.1 Å². The molecule has 2 atom stereocenters. The van der Waals surface area contributed by atoms with Crippen molar-refractivity contribution in [1.29, 1.82) is 0 Å². The first kappa shape index (κ1) is 18.9. The predicted molar refractivity (Wildman–Crippen MR) is 105 cm³/mol. The van der Waals surface area contributed by atoms with Crippen LogP contribution in [0.1, 0.15) is 32.3 Å². The zero-order valence-electron chi connectivity index (χ0n) is 16.2. The van der Waals surface area contributed by atoms with E-state index in [9.17, 15) is 9.59 Å². The molecule has 146 valence electrons. The molecule has 27 heavy (non-hydrogen) atoms. The molecule has 1 aromatic heterocycles. The molecule has 0 aromatic carbocycles. The van der Waals surface area contributed by atoms with E-state index >= 15 is 0 Å². The summed E-state index contributed by atoms with van der Waals surface area (Å²) in [5, 5.41) is 9.30. The van der Waals surface area contributed by atoms with E-state index in [4.69, 9.17) is 4.99 Å². The van der Waals surface area contributed by atoms with Crippen LogP contribution < -0.4 is 16.0 Å². The lowest BCUT2D eigenvalue weighted by atomic mass is 10.1. The van der Waals surface area contributed by atoms with Crippen molar-refractivity contribution in [2.75, 3.05) is 37.8 Å². The number of aromatic nitrogens is 1. The molecule has 0 radical (unpaired) electrons. The summed E-state index contributed by atoms with van der Waals surface area (Å²) in [4.78, 5) is 37.9. The molecule has 2 aliphatic heterocycles. The number of amidine groups is 1. The average Bonchev–Trinajstić information content (AvgIpc) is 3.13. The number of nitrogens with one attached hydrogen (secondary N) is 3. The van der Waals surface area contributed by atoms with Gasteiger partial charge < -0.3 is 16.0 Å². The predicted octanol–water partition coefficient (Wildman–Crippen LogP) is 1.29. The molecule has 9 heteroatoms. The van der Waals surface area contributed by atoms with Crippen LogP contribution in [0.4, 0.5) is 16.4 Å². The van der Waals surface area contributed by atoms with Gasteiger partial charge >= 0.3 is 6.03 Å². The standard InChI is InChI=1S/C18H27N7O2/c1-5-9-24-16-13(17(26)25(10-6-2)18(24)27)22-15(23-16)11-7-8-12(19-3)21-14(11)20-4/h7-8,13,16H,5-6,9-10H2,1-4H3,(H,22,23)(H2,19,20,21). The van der Waals surface area contributed by atoms with E-state index in [0.717, 1.165) is 24.2 Å². The lowest BCUT2D eigenvalue weighted by Gasteiger charge is -2.40. The van der Waals surface area contributed by atoms with Crippen LogP contribution in [0.3, 0.4) is 0 Å². The molecule has 9 nitrogen and oxygen atoms in total. The summed E-state index contributed by atoms with van der Waals surface area (Å²) < 4.78 is 0. The fourth-order valence-electron chi connectivity index (χ4n) is 3.46. The highest BCUT2D eigenvalue weighted by atomic mass is 16.2. The Labute approximate surface area is 159 Å². The van der Waals surface area contributed by atoms with Gasteiger partial charge in [0.05, 0.1) is 5.56 Å². The Morgan fingerprint density at radius 2 is 1.85 bits per heavy atom. The summed E-state index contributed by atoms with van der Waals surface area (Å²) in [5.74, 6) is 1.74. The van der Waals surface area contributed by atoms with E-state index in [0.29, 0.717) is 24.7 Å². The topological polar surface area (TPSA) is 102 Å². The number of nitrogens with zero attached hydrogens (tertiary/aromatic N) is 4. The number of amides is 3. The van der Waals surface area contributed by atoms with E-state index in [-0.39, 0.29) is 11.9 Å². The molecule has 2 aliphatic rings. The second kappa shape index (κ2) is 7.81. The molecular weight excluding hydrogens is 346 g/mol. The Bertz CT molecular complexity index is 764. The molecule has 3 N–H and O–H groups in total. The number of carbonyl (C=O) groups is 2. The quantitative estimate of drug-likeness (QED) is 0.666. The molecular formula is C18H27N7O2. The lowest BCUT2D eigenvalue weighted by molar-refractivity contribution is -0.134. The number of urea groups is 1. The minimum atomic E-state index is -0.565. The van der Waals surface area contributed by atoms with Crippen LogP contribution in [0.5, 0.6) is 0 Å². The van der Waals surface area contributed by atoms with Crippen molar-refractivity contribution in [1.82, 2.24) is 20.1 Å². The zero-order valence-corrected chi connectivity index (χ0v) is 16.2. The smallest absolute Gasteiger partial charge is 0.328 e. The number of aliphatic imine (C=N–C) groups is 1. The molecule has 1 aromatic rings. The minimum Gasteiger partial charge on any atom is -0.373 e. The average molecular weight is 373 g/mol.